The summed E-state index contributed by atoms with van der Waals surface area (Å²) in [5, 5.41) is 29.6. The Hall–Kier alpha value is -15.4. The first kappa shape index (κ1) is 67.3. The molecule has 0 aliphatic carbocycles. The molecule has 25 rings (SSSR count). The number of rotatable bonds is 7. The van der Waals surface area contributed by atoms with Gasteiger partial charge in [-0.05, 0) is 218 Å². The van der Waals surface area contributed by atoms with E-state index in [0.717, 1.165) is 66.2 Å². The molecule has 25 aromatic rings. The number of fused-ring (bicyclic) bond motifs is 19. The van der Waals surface area contributed by atoms with Gasteiger partial charge < -0.3 is 13.3 Å². The standard InChI is InChI=1S/C46H28O.C36H22O.C32H20O/c1-2-14-29(15-3-1)32-26-27-40(45-39-24-12-13-25-42(39)47-46(32)45)43-35-20-8-10-22-37(35)44(38-23-11-9-21-36(38)43)41-28-30-16-4-5-17-31(30)33-18-6-7-19-34(33)41;1-2-11-24-22-25(21-20-23(24)10-1)34-26-12-3-5-14-28(26)35(29-15-6-4-13-27(29)34)31-17-9-19-33-36(31)30-16-7-8-18-32(30)37-33;1-2-11-21(12-3-1)30-22-13-4-6-15-24(22)31(25-16-7-5-14-23(25)30)27-18-10-20-29-32(27)26-17-8-9-19-28(26)33-29/h1-28H;1-22H;1-20H. The van der Waals surface area contributed by atoms with Gasteiger partial charge in [-0.2, -0.15) is 0 Å². The summed E-state index contributed by atoms with van der Waals surface area (Å²) in [6, 6.07) is 152. The first-order valence-corrected chi connectivity index (χ1v) is 40.2. The third-order valence-electron chi connectivity index (χ3n) is 24.2. The van der Waals surface area contributed by atoms with Crippen LogP contribution in [0.2, 0.25) is 0 Å². The minimum atomic E-state index is 0.903. The molecule has 0 bridgehead atoms. The number of furan rings is 3. The molecule has 3 aromatic heterocycles. The average Bonchev–Trinajstić information content (AvgIpc) is 1.71. The average molecular weight is 1490 g/mol. The van der Waals surface area contributed by atoms with Crippen LogP contribution in [0.4, 0.5) is 0 Å². The summed E-state index contributed by atoms with van der Waals surface area (Å²) < 4.78 is 19.2. The Labute approximate surface area is 674 Å². The minimum absolute atomic E-state index is 0.903. The first-order chi connectivity index (χ1) is 58.1. The van der Waals surface area contributed by atoms with Crippen molar-refractivity contribution in [1.82, 2.24) is 0 Å². The Morgan fingerprint density at radius 3 is 0.897 bits per heavy atom. The second-order valence-electron chi connectivity index (χ2n) is 30.5. The van der Waals surface area contributed by atoms with Crippen LogP contribution in [0.5, 0.6) is 0 Å². The molecule has 0 aliphatic heterocycles. The second kappa shape index (κ2) is 27.8. The molecule has 0 atom stereocenters. The minimum Gasteiger partial charge on any atom is -0.456 e. The van der Waals surface area contributed by atoms with Gasteiger partial charge in [-0.3, -0.25) is 0 Å². The van der Waals surface area contributed by atoms with Crippen molar-refractivity contribution in [2.45, 2.75) is 0 Å². The summed E-state index contributed by atoms with van der Waals surface area (Å²) in [5.41, 5.74) is 22.7. The number of hydrogen-bond donors (Lipinski definition) is 0. The maximum Gasteiger partial charge on any atom is 0.143 e. The summed E-state index contributed by atoms with van der Waals surface area (Å²) in [6.45, 7) is 0. The quantitative estimate of drug-likeness (QED) is 0.118. The highest BCUT2D eigenvalue weighted by molar-refractivity contribution is 6.31. The van der Waals surface area contributed by atoms with Crippen molar-refractivity contribution in [2.24, 2.45) is 0 Å². The highest BCUT2D eigenvalue weighted by Gasteiger charge is 2.26. The molecule has 0 amide bonds. The Morgan fingerprint density at radius 2 is 0.436 bits per heavy atom. The lowest BCUT2D eigenvalue weighted by Crippen LogP contribution is -1.93. The Bertz CT molecular complexity index is 8150. The third-order valence-corrected chi connectivity index (χ3v) is 24.2. The summed E-state index contributed by atoms with van der Waals surface area (Å²) in [7, 11) is 0. The molecule has 22 aromatic carbocycles. The van der Waals surface area contributed by atoms with Crippen molar-refractivity contribution < 1.29 is 13.3 Å². The maximum absolute atomic E-state index is 6.71. The van der Waals surface area contributed by atoms with Crippen LogP contribution in [0.3, 0.4) is 0 Å². The normalized spacial score (nSPS) is 11.8. The van der Waals surface area contributed by atoms with Crippen LogP contribution in [0.15, 0.2) is 438 Å². The zero-order valence-corrected chi connectivity index (χ0v) is 63.6. The predicted molar refractivity (Wildman–Crippen MR) is 497 cm³/mol. The largest absolute Gasteiger partial charge is 0.456 e. The van der Waals surface area contributed by atoms with Crippen LogP contribution < -0.4 is 0 Å². The molecule has 0 saturated carbocycles. The Balaban J connectivity index is 0.000000105. The van der Waals surface area contributed by atoms with Gasteiger partial charge in [0.25, 0.3) is 0 Å². The summed E-state index contributed by atoms with van der Waals surface area (Å²) in [5.74, 6) is 0. The molecule has 0 saturated heterocycles. The fourth-order valence-electron chi connectivity index (χ4n) is 19.2. The van der Waals surface area contributed by atoms with E-state index in [4.69, 9.17) is 13.3 Å². The Morgan fingerprint density at radius 1 is 0.128 bits per heavy atom. The fourth-order valence-corrected chi connectivity index (χ4v) is 19.2. The van der Waals surface area contributed by atoms with Crippen molar-refractivity contribution in [1.29, 1.82) is 0 Å². The lowest BCUT2D eigenvalue weighted by molar-refractivity contribution is 0.668. The van der Waals surface area contributed by atoms with Crippen LogP contribution >= 0.6 is 0 Å². The molecule has 0 fully saturated rings. The second-order valence-corrected chi connectivity index (χ2v) is 30.5. The molecule has 0 N–H and O–H groups in total. The van der Waals surface area contributed by atoms with Gasteiger partial charge in [0.2, 0.25) is 0 Å². The molecular weight excluding hydrogens is 1420 g/mol. The SMILES string of the molecule is c1ccc(-c2c3ccccc3c(-c3cccc4oc5ccccc5c34)c3ccccc23)cc1.c1ccc(-c2ccc(-c3c4ccccc4c(-c4cc5ccccc5c5ccccc45)c4ccccc34)c3c2oc2ccccc23)cc1.c1ccc2cc(-c3c4ccccc4c(-c4cccc5oc6ccccc6c45)c4ccccc34)ccc2c1. The lowest BCUT2D eigenvalue weighted by Gasteiger charge is -2.20. The van der Waals surface area contributed by atoms with E-state index in [1.807, 2.05) is 18.2 Å². The molecule has 0 aliphatic rings. The van der Waals surface area contributed by atoms with Crippen LogP contribution in [0.1, 0.15) is 0 Å². The lowest BCUT2D eigenvalue weighted by atomic mass is 9.83. The molecular formula is C114H70O3. The van der Waals surface area contributed by atoms with E-state index >= 15 is 0 Å². The van der Waals surface area contributed by atoms with Crippen LogP contribution in [-0.4, -0.2) is 0 Å². The van der Waals surface area contributed by atoms with Gasteiger partial charge in [0.05, 0.1) is 0 Å². The smallest absolute Gasteiger partial charge is 0.143 e. The van der Waals surface area contributed by atoms with Gasteiger partial charge in [0, 0.05) is 37.9 Å². The summed E-state index contributed by atoms with van der Waals surface area (Å²) >= 11 is 0. The highest BCUT2D eigenvalue weighted by Crippen LogP contribution is 2.53. The van der Waals surface area contributed by atoms with E-state index in [0.29, 0.717) is 0 Å². The number of benzene rings is 22. The zero-order valence-electron chi connectivity index (χ0n) is 63.6. The molecule has 544 valence electrons. The molecule has 3 heterocycles. The molecule has 0 spiro atoms. The predicted octanol–water partition coefficient (Wildman–Crippen LogP) is 32.8. The first-order valence-electron chi connectivity index (χ1n) is 40.2. The molecule has 0 unspecified atom stereocenters. The van der Waals surface area contributed by atoms with Crippen molar-refractivity contribution in [3.63, 3.8) is 0 Å². The van der Waals surface area contributed by atoms with Gasteiger partial charge in [0.15, 0.2) is 0 Å². The van der Waals surface area contributed by atoms with Crippen LogP contribution in [0, 0.1) is 0 Å². The van der Waals surface area contributed by atoms with Gasteiger partial charge in [-0.1, -0.05) is 376 Å². The summed E-state index contributed by atoms with van der Waals surface area (Å²) in [6.07, 6.45) is 0. The van der Waals surface area contributed by atoms with Gasteiger partial charge in [-0.15, -0.1) is 0 Å². The van der Waals surface area contributed by atoms with E-state index in [1.54, 1.807) is 0 Å². The maximum atomic E-state index is 6.71. The highest BCUT2D eigenvalue weighted by atomic mass is 16.3. The van der Waals surface area contributed by atoms with E-state index < -0.39 is 0 Å². The van der Waals surface area contributed by atoms with Crippen molar-refractivity contribution in [2.75, 3.05) is 0 Å². The monoisotopic (exact) mass is 1490 g/mol. The van der Waals surface area contributed by atoms with Gasteiger partial charge >= 0.3 is 0 Å². The van der Waals surface area contributed by atoms with Crippen molar-refractivity contribution in [3.05, 3.63) is 425 Å². The third kappa shape index (κ3) is 11.0. The zero-order chi connectivity index (χ0) is 77.0. The van der Waals surface area contributed by atoms with E-state index in [1.165, 1.54) is 174 Å². The van der Waals surface area contributed by atoms with Gasteiger partial charge in [0.1, 0.15) is 33.5 Å². The van der Waals surface area contributed by atoms with E-state index in [2.05, 4.69) is 406 Å². The molecule has 3 nitrogen and oxygen atoms in total. The van der Waals surface area contributed by atoms with E-state index in [9.17, 15) is 0 Å². The fraction of sp³-hybridized carbons (Fsp3) is 0. The molecule has 0 radical (unpaired) electrons. The Kier molecular flexibility index (Phi) is 16.0. The van der Waals surface area contributed by atoms with Crippen molar-refractivity contribution >= 4 is 163 Å². The van der Waals surface area contributed by atoms with Crippen LogP contribution in [-0.2, 0) is 0 Å². The summed E-state index contributed by atoms with van der Waals surface area (Å²) in [4.78, 5) is 0. The van der Waals surface area contributed by atoms with Gasteiger partial charge in [-0.25, -0.2) is 0 Å². The number of hydrogen-bond acceptors (Lipinski definition) is 3. The topological polar surface area (TPSA) is 39.4 Å². The number of para-hydroxylation sites is 3. The van der Waals surface area contributed by atoms with Crippen molar-refractivity contribution in [3.8, 4) is 77.9 Å². The molecule has 117 heavy (non-hydrogen) atoms. The van der Waals surface area contributed by atoms with E-state index in [-0.39, 0.29) is 0 Å². The van der Waals surface area contributed by atoms with Crippen LogP contribution in [0.25, 0.3) is 241 Å². The molecule has 3 heteroatoms.